The molecule has 0 radical (unpaired) electrons. The first-order valence-electron chi connectivity index (χ1n) is 19.8. The van der Waals surface area contributed by atoms with Crippen LogP contribution in [0.15, 0.2) is 218 Å². The predicted octanol–water partition coefficient (Wildman–Crippen LogP) is 13.8. The van der Waals surface area contributed by atoms with E-state index in [4.69, 9.17) is 15.0 Å². The average Bonchev–Trinajstić information content (AvgIpc) is 3.66. The van der Waals surface area contributed by atoms with Gasteiger partial charge in [-0.25, -0.2) is 4.98 Å². The van der Waals surface area contributed by atoms with Crippen molar-refractivity contribution in [2.45, 2.75) is 0 Å². The van der Waals surface area contributed by atoms with Crippen LogP contribution >= 0.6 is 0 Å². The van der Waals surface area contributed by atoms with Gasteiger partial charge in [-0.3, -0.25) is 4.57 Å². The van der Waals surface area contributed by atoms with Crippen LogP contribution in [0.4, 0.5) is 34.1 Å². The third-order valence-corrected chi connectivity index (χ3v) is 11.0. The number of hydrogen-bond donors (Lipinski definition) is 0. The number of benzene rings is 9. The Hall–Kier alpha value is -8.09. The van der Waals surface area contributed by atoms with Crippen LogP contribution in [-0.2, 0) is 0 Å². The summed E-state index contributed by atoms with van der Waals surface area (Å²) in [6.45, 7) is 0. The van der Waals surface area contributed by atoms with Crippen LogP contribution in [0.2, 0.25) is 0 Å². The fourth-order valence-electron chi connectivity index (χ4n) is 8.39. The Morgan fingerprint density at radius 3 is 0.966 bits per heavy atom. The van der Waals surface area contributed by atoms with Gasteiger partial charge in [0.05, 0.1) is 22.4 Å². The lowest BCUT2D eigenvalue weighted by atomic mass is 9.98. The van der Waals surface area contributed by atoms with Crippen molar-refractivity contribution >= 4 is 66.7 Å². The number of hydrogen-bond acceptors (Lipinski definition) is 5. The molecule has 0 bridgehead atoms. The van der Waals surface area contributed by atoms with Gasteiger partial charge in [0.25, 0.3) is 0 Å². The maximum Gasteiger partial charge on any atom is 0.238 e. The van der Waals surface area contributed by atoms with E-state index in [1.807, 2.05) is 36.4 Å². The van der Waals surface area contributed by atoms with E-state index in [0.29, 0.717) is 17.6 Å². The summed E-state index contributed by atoms with van der Waals surface area (Å²) >= 11 is 0. The summed E-state index contributed by atoms with van der Waals surface area (Å²) in [4.78, 5) is 20.2. The van der Waals surface area contributed by atoms with Crippen LogP contribution in [-0.4, -0.2) is 19.5 Å². The maximum absolute atomic E-state index is 5.26. The van der Waals surface area contributed by atoms with Crippen molar-refractivity contribution in [3.8, 4) is 28.7 Å². The van der Waals surface area contributed by atoms with Crippen LogP contribution in [0.3, 0.4) is 0 Å². The highest BCUT2D eigenvalue weighted by Crippen LogP contribution is 2.49. The van der Waals surface area contributed by atoms with Crippen LogP contribution in [0, 0.1) is 0 Å². The molecule has 11 rings (SSSR count). The number of nitrogens with zero attached hydrogens (tertiary/aromatic N) is 6. The van der Waals surface area contributed by atoms with E-state index < -0.39 is 0 Å². The van der Waals surface area contributed by atoms with Gasteiger partial charge in [0, 0.05) is 55.4 Å². The normalized spacial score (nSPS) is 11.4. The summed E-state index contributed by atoms with van der Waals surface area (Å²) in [5, 5.41) is 4.51. The predicted molar refractivity (Wildman–Crippen MR) is 243 cm³/mol. The molecule has 2 heterocycles. The van der Waals surface area contributed by atoms with Crippen molar-refractivity contribution in [3.05, 3.63) is 218 Å². The third-order valence-electron chi connectivity index (χ3n) is 11.0. The lowest BCUT2D eigenvalue weighted by Gasteiger charge is -2.28. The highest BCUT2D eigenvalue weighted by molar-refractivity contribution is 6.29. The second-order valence-electron chi connectivity index (χ2n) is 14.5. The highest BCUT2D eigenvalue weighted by atomic mass is 15.2. The average molecular weight is 757 g/mol. The SMILES string of the molecule is c1ccc(-c2nc(-c3ccccc3)nc(-n3c4ccc(N(c5ccccc5)c5ccccc5)c5ccc6c(N(c7ccccc7)c7ccccc7)ccc3c6c54)n2)cc1. The first-order chi connectivity index (χ1) is 29.3. The second-order valence-corrected chi connectivity index (χ2v) is 14.5. The van der Waals surface area contributed by atoms with Crippen molar-refractivity contribution in [1.82, 2.24) is 19.5 Å². The van der Waals surface area contributed by atoms with E-state index in [1.54, 1.807) is 0 Å². The van der Waals surface area contributed by atoms with E-state index in [1.165, 1.54) is 0 Å². The number of aromatic nitrogens is 4. The molecule has 11 aromatic rings. The minimum absolute atomic E-state index is 0.558. The van der Waals surface area contributed by atoms with Gasteiger partial charge < -0.3 is 9.80 Å². The zero-order valence-electron chi connectivity index (χ0n) is 32.0. The molecule has 0 unspecified atom stereocenters. The molecule has 0 fully saturated rings. The first-order valence-corrected chi connectivity index (χ1v) is 19.8. The largest absolute Gasteiger partial charge is 0.310 e. The Bertz CT molecular complexity index is 2900. The molecule has 59 heavy (non-hydrogen) atoms. The molecule has 0 aliphatic rings. The molecule has 278 valence electrons. The van der Waals surface area contributed by atoms with Gasteiger partial charge >= 0.3 is 0 Å². The molecule has 0 atom stereocenters. The molecule has 9 aromatic carbocycles. The van der Waals surface area contributed by atoms with Crippen molar-refractivity contribution in [2.24, 2.45) is 0 Å². The Kier molecular flexibility index (Phi) is 8.37. The molecule has 0 aliphatic carbocycles. The molecule has 0 aliphatic heterocycles. The zero-order valence-corrected chi connectivity index (χ0v) is 32.0. The van der Waals surface area contributed by atoms with E-state index in [2.05, 4.69) is 196 Å². The molecule has 2 aromatic heterocycles. The van der Waals surface area contributed by atoms with E-state index in [9.17, 15) is 0 Å². The third kappa shape index (κ3) is 5.94. The molecule has 0 saturated heterocycles. The summed E-state index contributed by atoms with van der Waals surface area (Å²) < 4.78 is 2.23. The fourth-order valence-corrected chi connectivity index (χ4v) is 8.39. The fraction of sp³-hybridized carbons (Fsp3) is 0. The van der Waals surface area contributed by atoms with Gasteiger partial charge in [-0.15, -0.1) is 0 Å². The summed E-state index contributed by atoms with van der Waals surface area (Å²) in [5.41, 5.74) is 10.3. The molecule has 0 spiro atoms. The van der Waals surface area contributed by atoms with Gasteiger partial charge in [0.15, 0.2) is 11.6 Å². The molecular weight excluding hydrogens is 721 g/mol. The van der Waals surface area contributed by atoms with Crippen molar-refractivity contribution in [3.63, 3.8) is 0 Å². The summed E-state index contributed by atoms with van der Waals surface area (Å²) in [7, 11) is 0. The van der Waals surface area contributed by atoms with Gasteiger partial charge in [0.2, 0.25) is 5.95 Å². The summed E-state index contributed by atoms with van der Waals surface area (Å²) in [6, 6.07) is 76.2. The van der Waals surface area contributed by atoms with Crippen molar-refractivity contribution in [2.75, 3.05) is 9.80 Å². The molecule has 6 heteroatoms. The zero-order chi connectivity index (χ0) is 39.1. The van der Waals surface area contributed by atoms with Crippen LogP contribution in [0.1, 0.15) is 0 Å². The standard InChI is InChI=1S/C53H36N6/c1-7-19-37(20-8-1)51-54-52(38-21-9-2-10-22-38)56-53(55-51)59-47-35-33-45(57(39-23-11-3-12-24-39)40-25-13-4-14-26-40)43-31-32-44-46(34-36-48(59)50(44)49(43)47)58(41-27-15-5-16-28-41)42-29-17-6-18-30-42/h1-36H. The van der Waals surface area contributed by atoms with Gasteiger partial charge in [-0.1, -0.05) is 146 Å². The second kappa shape index (κ2) is 14.4. The lowest BCUT2D eigenvalue weighted by molar-refractivity contribution is 0.953. The Labute approximate surface area is 341 Å². The van der Waals surface area contributed by atoms with Crippen molar-refractivity contribution in [1.29, 1.82) is 0 Å². The van der Waals surface area contributed by atoms with Crippen molar-refractivity contribution < 1.29 is 0 Å². The van der Waals surface area contributed by atoms with Gasteiger partial charge in [-0.2, -0.15) is 9.97 Å². The number of rotatable bonds is 9. The lowest BCUT2D eigenvalue weighted by Crippen LogP contribution is -2.11. The van der Waals surface area contributed by atoms with E-state index >= 15 is 0 Å². The van der Waals surface area contributed by atoms with E-state index in [-0.39, 0.29) is 0 Å². The molecule has 0 saturated carbocycles. The maximum atomic E-state index is 5.26. The quantitative estimate of drug-likeness (QED) is 0.137. The summed E-state index contributed by atoms with van der Waals surface area (Å²) in [5.74, 6) is 1.79. The first kappa shape index (κ1) is 34.2. The van der Waals surface area contributed by atoms with Gasteiger partial charge in [-0.05, 0) is 72.8 Å². The van der Waals surface area contributed by atoms with Gasteiger partial charge in [0.1, 0.15) is 0 Å². The van der Waals surface area contributed by atoms with Crippen LogP contribution in [0.25, 0.3) is 61.3 Å². The summed E-state index contributed by atoms with van der Waals surface area (Å²) in [6.07, 6.45) is 0. The van der Waals surface area contributed by atoms with Crippen LogP contribution < -0.4 is 9.80 Å². The Balaban J connectivity index is 1.24. The Morgan fingerprint density at radius 2 is 0.627 bits per heavy atom. The topological polar surface area (TPSA) is 50.1 Å². The number of para-hydroxylation sites is 4. The molecule has 6 nitrogen and oxygen atoms in total. The number of anilines is 6. The minimum atomic E-state index is 0.558. The Morgan fingerprint density at radius 1 is 0.305 bits per heavy atom. The highest BCUT2D eigenvalue weighted by Gasteiger charge is 2.26. The monoisotopic (exact) mass is 756 g/mol. The minimum Gasteiger partial charge on any atom is -0.310 e. The van der Waals surface area contributed by atoms with Crippen LogP contribution in [0.5, 0.6) is 0 Å². The van der Waals surface area contributed by atoms with E-state index in [0.717, 1.165) is 77.8 Å². The smallest absolute Gasteiger partial charge is 0.238 e. The molecule has 0 N–H and O–H groups in total. The molecule has 0 amide bonds. The molecular formula is C53H36N6.